The van der Waals surface area contributed by atoms with Crippen LogP contribution in [-0.2, 0) is 17.0 Å². The number of halogens is 3. The average molecular weight is 715 g/mol. The molecule has 0 unspecified atom stereocenters. The monoisotopic (exact) mass is 714 g/mol. The summed E-state index contributed by atoms with van der Waals surface area (Å²) in [6, 6.07) is 38.2. The number of nitriles is 1. The van der Waals surface area contributed by atoms with Crippen molar-refractivity contribution in [1.29, 1.82) is 5.26 Å². The molecule has 54 heavy (non-hydrogen) atoms. The van der Waals surface area contributed by atoms with Crippen LogP contribution in [0.4, 0.5) is 18.9 Å². The molecule has 0 aliphatic heterocycles. The Labute approximate surface area is 312 Å². The molecule has 8 aromatic rings. The minimum Gasteiger partial charge on any atom is -0.307 e. The van der Waals surface area contributed by atoms with Gasteiger partial charge in [0, 0.05) is 27.1 Å². The van der Waals surface area contributed by atoms with Crippen LogP contribution in [0.1, 0.15) is 63.8 Å². The fraction of sp³-hybridized carbons (Fsp3) is 0.191. The Bertz CT molecular complexity index is 2910. The van der Waals surface area contributed by atoms with Gasteiger partial charge in [-0.25, -0.2) is 4.85 Å². The summed E-state index contributed by atoms with van der Waals surface area (Å²) >= 11 is 0. The molecule has 0 saturated carbocycles. The lowest BCUT2D eigenvalue weighted by Gasteiger charge is -2.23. The Morgan fingerprint density at radius 3 is 1.52 bits per heavy atom. The molecule has 8 rings (SSSR count). The lowest BCUT2D eigenvalue weighted by atomic mass is 9.86. The predicted molar refractivity (Wildman–Crippen MR) is 214 cm³/mol. The first kappa shape index (κ1) is 34.8. The molecular weight excluding hydrogens is 678 g/mol. The van der Waals surface area contributed by atoms with E-state index in [1.165, 1.54) is 12.1 Å². The zero-order valence-electron chi connectivity index (χ0n) is 30.9. The summed E-state index contributed by atoms with van der Waals surface area (Å²) in [6.45, 7) is 20.9. The highest BCUT2D eigenvalue weighted by Crippen LogP contribution is 2.47. The van der Waals surface area contributed by atoms with E-state index in [1.807, 2.05) is 36.4 Å². The van der Waals surface area contributed by atoms with Crippen molar-refractivity contribution in [2.45, 2.75) is 58.5 Å². The molecule has 0 spiro atoms. The van der Waals surface area contributed by atoms with Gasteiger partial charge in [0.15, 0.2) is 5.69 Å². The van der Waals surface area contributed by atoms with E-state index >= 15 is 0 Å². The number of alkyl halides is 3. The highest BCUT2D eigenvalue weighted by atomic mass is 19.4. The fourth-order valence-corrected chi connectivity index (χ4v) is 7.78. The number of rotatable bonds is 3. The molecule has 0 radical (unpaired) electrons. The van der Waals surface area contributed by atoms with E-state index in [0.717, 1.165) is 60.8 Å². The van der Waals surface area contributed by atoms with Crippen molar-refractivity contribution in [3.63, 3.8) is 0 Å². The summed E-state index contributed by atoms with van der Waals surface area (Å²) in [6.07, 6.45) is -4.77. The smallest absolute Gasteiger partial charge is 0.307 e. The third-order valence-corrected chi connectivity index (χ3v) is 10.5. The van der Waals surface area contributed by atoms with E-state index in [0.29, 0.717) is 11.4 Å². The van der Waals surface area contributed by atoms with Gasteiger partial charge >= 0.3 is 6.18 Å². The summed E-state index contributed by atoms with van der Waals surface area (Å²) in [4.78, 5) is 3.54. The fourth-order valence-electron chi connectivity index (χ4n) is 7.78. The Morgan fingerprint density at radius 1 is 0.574 bits per heavy atom. The summed E-state index contributed by atoms with van der Waals surface area (Å²) in [5.74, 6) is 0. The van der Waals surface area contributed by atoms with Gasteiger partial charge in [0.05, 0.1) is 57.2 Å². The number of nitrogens with zero attached hydrogens (tertiary/aromatic N) is 4. The molecule has 4 nitrogen and oxygen atoms in total. The van der Waals surface area contributed by atoms with Gasteiger partial charge in [0.2, 0.25) is 0 Å². The van der Waals surface area contributed by atoms with Crippen molar-refractivity contribution in [3.8, 4) is 28.6 Å². The topological polar surface area (TPSA) is 38.0 Å². The van der Waals surface area contributed by atoms with Gasteiger partial charge < -0.3 is 9.13 Å². The molecule has 0 aliphatic carbocycles. The molecule has 6 aromatic carbocycles. The lowest BCUT2D eigenvalue weighted by molar-refractivity contribution is -0.137. The zero-order chi connectivity index (χ0) is 38.3. The van der Waals surface area contributed by atoms with Crippen molar-refractivity contribution in [1.82, 2.24) is 9.13 Å². The normalized spacial score (nSPS) is 12.5. The van der Waals surface area contributed by atoms with Gasteiger partial charge in [-0.05, 0) is 63.9 Å². The van der Waals surface area contributed by atoms with Crippen LogP contribution in [0, 0.1) is 17.9 Å². The molecule has 0 saturated heterocycles. The number of fused-ring (bicyclic) bond motifs is 6. The van der Waals surface area contributed by atoms with Crippen molar-refractivity contribution in [2.24, 2.45) is 0 Å². The second-order valence-electron chi connectivity index (χ2n) is 16.0. The van der Waals surface area contributed by atoms with E-state index < -0.39 is 11.7 Å². The molecule has 0 N–H and O–H groups in total. The van der Waals surface area contributed by atoms with Crippen molar-refractivity contribution >= 4 is 49.3 Å². The van der Waals surface area contributed by atoms with Crippen LogP contribution in [0.3, 0.4) is 0 Å². The standard InChI is InChI=1S/C47H37F3N4/c1-45(2,3)29-19-21-33-31-13-8-10-17-38(31)53(40(33)24-29)42-23-28(27-51)35(44-36(47(48,49)50)15-12-16-37(44)52-7)26-43(42)54-39-18-11-9-14-32(39)34-22-20-30(25-41(34)54)46(4,5)6/h8-26H,1-6H3. The van der Waals surface area contributed by atoms with Crippen molar-refractivity contribution < 1.29 is 13.2 Å². The first-order valence-electron chi connectivity index (χ1n) is 17.9. The summed E-state index contributed by atoms with van der Waals surface area (Å²) in [5, 5.41) is 14.8. The zero-order valence-corrected chi connectivity index (χ0v) is 30.9. The van der Waals surface area contributed by atoms with Gasteiger partial charge in [-0.3, -0.25) is 0 Å². The maximum atomic E-state index is 14.8. The molecule has 2 aromatic heterocycles. The van der Waals surface area contributed by atoms with Gasteiger partial charge in [-0.1, -0.05) is 120 Å². The van der Waals surface area contributed by atoms with Crippen LogP contribution in [0.5, 0.6) is 0 Å². The van der Waals surface area contributed by atoms with Crippen molar-refractivity contribution in [3.05, 3.63) is 149 Å². The van der Waals surface area contributed by atoms with E-state index in [4.69, 9.17) is 6.57 Å². The summed E-state index contributed by atoms with van der Waals surface area (Å²) < 4.78 is 48.7. The first-order valence-corrected chi connectivity index (χ1v) is 17.9. The van der Waals surface area contributed by atoms with Gasteiger partial charge in [-0.15, -0.1) is 0 Å². The SMILES string of the molecule is [C-]#[N+]c1cccc(C(F)(F)F)c1-c1cc(-n2c3ccccc3c3ccc(C(C)(C)C)cc32)c(-n2c3ccccc3c3ccc(C(C)(C)C)cc32)cc1C#N. The minimum absolute atomic E-state index is 0.0319. The molecule has 0 bridgehead atoms. The summed E-state index contributed by atoms with van der Waals surface area (Å²) in [7, 11) is 0. The van der Waals surface area contributed by atoms with Crippen LogP contribution in [-0.4, -0.2) is 9.13 Å². The van der Waals surface area contributed by atoms with E-state index in [-0.39, 0.29) is 33.2 Å². The van der Waals surface area contributed by atoms with E-state index in [1.54, 1.807) is 12.1 Å². The quantitative estimate of drug-likeness (QED) is 0.168. The number of para-hydroxylation sites is 2. The van der Waals surface area contributed by atoms with E-state index in [2.05, 4.69) is 110 Å². The highest BCUT2D eigenvalue weighted by Gasteiger charge is 2.36. The van der Waals surface area contributed by atoms with Crippen LogP contribution >= 0.6 is 0 Å². The minimum atomic E-state index is -4.77. The molecule has 0 aliphatic rings. The third kappa shape index (κ3) is 5.43. The van der Waals surface area contributed by atoms with Crippen LogP contribution in [0.15, 0.2) is 115 Å². The second-order valence-corrected chi connectivity index (χ2v) is 16.0. The maximum absolute atomic E-state index is 14.8. The molecule has 7 heteroatoms. The van der Waals surface area contributed by atoms with Crippen LogP contribution in [0.25, 0.3) is 71.0 Å². The number of hydrogen-bond acceptors (Lipinski definition) is 1. The molecule has 0 amide bonds. The van der Waals surface area contributed by atoms with Gasteiger partial charge in [0.25, 0.3) is 0 Å². The van der Waals surface area contributed by atoms with E-state index in [9.17, 15) is 18.4 Å². The summed E-state index contributed by atoms with van der Waals surface area (Å²) in [5.41, 5.74) is 5.24. The molecule has 2 heterocycles. The number of hydrogen-bond donors (Lipinski definition) is 0. The predicted octanol–water partition coefficient (Wildman–Crippen LogP) is 13.6. The van der Waals surface area contributed by atoms with Gasteiger partial charge in [-0.2, -0.15) is 18.4 Å². The molecule has 0 atom stereocenters. The maximum Gasteiger partial charge on any atom is 0.415 e. The number of aromatic nitrogens is 2. The Hall–Kier alpha value is -6.31. The highest BCUT2D eigenvalue weighted by molar-refractivity contribution is 6.12. The van der Waals surface area contributed by atoms with Crippen molar-refractivity contribution in [2.75, 3.05) is 0 Å². The molecule has 0 fully saturated rings. The Morgan fingerprint density at radius 2 is 1.06 bits per heavy atom. The third-order valence-electron chi connectivity index (χ3n) is 10.5. The number of benzene rings is 6. The lowest BCUT2D eigenvalue weighted by Crippen LogP contribution is -2.12. The van der Waals surface area contributed by atoms with Crippen LogP contribution < -0.4 is 0 Å². The molecular formula is C47H37F3N4. The average Bonchev–Trinajstić information content (AvgIpc) is 3.65. The Kier molecular flexibility index (Phi) is 7.80. The van der Waals surface area contributed by atoms with Gasteiger partial charge in [0.1, 0.15) is 0 Å². The molecule has 266 valence electrons. The second kappa shape index (κ2) is 12.1. The largest absolute Gasteiger partial charge is 0.415 e. The Balaban J connectivity index is 1.62. The van der Waals surface area contributed by atoms with Crippen LogP contribution in [0.2, 0.25) is 0 Å². The first-order chi connectivity index (χ1) is 25.6.